The molecule has 0 amide bonds. The first-order valence-electron chi connectivity index (χ1n) is 10.1. The van der Waals surface area contributed by atoms with Crippen molar-refractivity contribution in [3.05, 3.63) is 46.5 Å². The monoisotopic (exact) mass is 370 g/mol. The predicted octanol–water partition coefficient (Wildman–Crippen LogP) is 2.02. The lowest BCUT2D eigenvalue weighted by molar-refractivity contribution is -0.0732. The molecule has 0 radical (unpaired) electrons. The summed E-state index contributed by atoms with van der Waals surface area (Å²) in [7, 11) is 0. The largest absolute Gasteiger partial charge is 0.373 e. The van der Waals surface area contributed by atoms with E-state index >= 15 is 0 Å². The maximum absolute atomic E-state index is 12.3. The third kappa shape index (κ3) is 4.57. The molecule has 4 heterocycles. The van der Waals surface area contributed by atoms with Crippen LogP contribution in [0.1, 0.15) is 32.4 Å². The number of pyridine rings is 1. The SMILES string of the molecule is CC1CN(CC2CCN(Cc3cc(=O)n4ccccc4n3)CC2)CC(C)O1. The number of piperidine rings is 1. The van der Waals surface area contributed by atoms with E-state index in [-0.39, 0.29) is 5.56 Å². The summed E-state index contributed by atoms with van der Waals surface area (Å²) in [4.78, 5) is 21.9. The molecule has 0 aromatic carbocycles. The Bertz CT molecular complexity index is 818. The van der Waals surface area contributed by atoms with Crippen LogP contribution in [0, 0.1) is 5.92 Å². The number of hydrogen-bond acceptors (Lipinski definition) is 5. The van der Waals surface area contributed by atoms with Crippen LogP contribution in [-0.4, -0.2) is 64.1 Å². The van der Waals surface area contributed by atoms with Crippen LogP contribution in [-0.2, 0) is 11.3 Å². The van der Waals surface area contributed by atoms with Crippen molar-refractivity contribution >= 4 is 5.65 Å². The quantitative estimate of drug-likeness (QED) is 0.824. The van der Waals surface area contributed by atoms with Gasteiger partial charge in [0.25, 0.3) is 5.56 Å². The minimum atomic E-state index is 0.000966. The zero-order valence-corrected chi connectivity index (χ0v) is 16.4. The van der Waals surface area contributed by atoms with Crippen molar-refractivity contribution in [1.29, 1.82) is 0 Å². The Labute approximate surface area is 160 Å². The van der Waals surface area contributed by atoms with Crippen molar-refractivity contribution < 1.29 is 4.74 Å². The Morgan fingerprint density at radius 1 is 1.11 bits per heavy atom. The minimum absolute atomic E-state index is 0.000966. The molecule has 0 spiro atoms. The Balaban J connectivity index is 1.31. The molecule has 6 nitrogen and oxygen atoms in total. The molecular formula is C21H30N4O2. The van der Waals surface area contributed by atoms with E-state index in [2.05, 4.69) is 28.6 Å². The van der Waals surface area contributed by atoms with Gasteiger partial charge < -0.3 is 4.74 Å². The van der Waals surface area contributed by atoms with E-state index in [1.165, 1.54) is 19.4 Å². The fraction of sp³-hybridized carbons (Fsp3) is 0.619. The first-order chi connectivity index (χ1) is 13.1. The summed E-state index contributed by atoms with van der Waals surface area (Å²) < 4.78 is 7.44. The summed E-state index contributed by atoms with van der Waals surface area (Å²) in [5, 5.41) is 0. The normalized spacial score (nSPS) is 25.9. The molecule has 0 bridgehead atoms. The zero-order valence-electron chi connectivity index (χ0n) is 16.4. The number of nitrogens with zero attached hydrogens (tertiary/aromatic N) is 4. The van der Waals surface area contributed by atoms with Crippen LogP contribution in [0.25, 0.3) is 5.65 Å². The van der Waals surface area contributed by atoms with Crippen LogP contribution in [0.2, 0.25) is 0 Å². The average molecular weight is 370 g/mol. The third-order valence-electron chi connectivity index (χ3n) is 5.73. The van der Waals surface area contributed by atoms with Gasteiger partial charge in [-0.05, 0) is 57.8 Å². The second-order valence-corrected chi connectivity index (χ2v) is 8.21. The lowest BCUT2D eigenvalue weighted by Gasteiger charge is -2.39. The molecule has 2 atom stereocenters. The van der Waals surface area contributed by atoms with Crippen molar-refractivity contribution in [3.63, 3.8) is 0 Å². The van der Waals surface area contributed by atoms with Crippen LogP contribution in [0.3, 0.4) is 0 Å². The fourth-order valence-corrected chi connectivity index (χ4v) is 4.54. The highest BCUT2D eigenvalue weighted by molar-refractivity contribution is 5.37. The number of likely N-dealkylation sites (tertiary alicyclic amines) is 1. The van der Waals surface area contributed by atoms with E-state index in [4.69, 9.17) is 4.74 Å². The van der Waals surface area contributed by atoms with Crippen LogP contribution in [0.4, 0.5) is 0 Å². The molecule has 2 aromatic rings. The first kappa shape index (κ1) is 18.6. The number of rotatable bonds is 4. The van der Waals surface area contributed by atoms with Crippen molar-refractivity contribution in [1.82, 2.24) is 19.2 Å². The highest BCUT2D eigenvalue weighted by Crippen LogP contribution is 2.21. The summed E-state index contributed by atoms with van der Waals surface area (Å²) >= 11 is 0. The smallest absolute Gasteiger partial charge is 0.258 e. The number of hydrogen-bond donors (Lipinski definition) is 0. The third-order valence-corrected chi connectivity index (χ3v) is 5.73. The Morgan fingerprint density at radius 3 is 2.59 bits per heavy atom. The molecule has 2 fully saturated rings. The van der Waals surface area contributed by atoms with Crippen molar-refractivity contribution in [2.75, 3.05) is 32.7 Å². The molecule has 2 unspecified atom stereocenters. The molecule has 6 heteroatoms. The van der Waals surface area contributed by atoms with Gasteiger partial charge in [0.05, 0.1) is 17.9 Å². The number of ether oxygens (including phenoxy) is 1. The van der Waals surface area contributed by atoms with Gasteiger partial charge in [0, 0.05) is 38.4 Å². The van der Waals surface area contributed by atoms with E-state index in [1.807, 2.05) is 18.2 Å². The zero-order chi connectivity index (χ0) is 18.8. The standard InChI is InChI=1S/C21H30N4O2/c1-16-12-24(13-17(2)27-16)14-18-6-9-23(10-7-18)15-19-11-21(26)25-8-4-3-5-20(25)22-19/h3-5,8,11,16-18H,6-7,9-10,12-15H2,1-2H3. The van der Waals surface area contributed by atoms with Gasteiger partial charge in [-0.25, -0.2) is 4.98 Å². The second-order valence-electron chi connectivity index (χ2n) is 8.21. The molecule has 2 aromatic heterocycles. The van der Waals surface area contributed by atoms with Crippen LogP contribution in [0.5, 0.6) is 0 Å². The van der Waals surface area contributed by atoms with Gasteiger partial charge in [-0.15, -0.1) is 0 Å². The van der Waals surface area contributed by atoms with E-state index < -0.39 is 0 Å². The minimum Gasteiger partial charge on any atom is -0.373 e. The van der Waals surface area contributed by atoms with E-state index in [0.29, 0.717) is 12.2 Å². The topological polar surface area (TPSA) is 50.1 Å². The molecular weight excluding hydrogens is 340 g/mol. The average Bonchev–Trinajstić information content (AvgIpc) is 2.63. The molecule has 146 valence electrons. The van der Waals surface area contributed by atoms with Gasteiger partial charge in [-0.3, -0.25) is 19.0 Å². The molecule has 2 saturated heterocycles. The Morgan fingerprint density at radius 2 is 1.85 bits per heavy atom. The Hall–Kier alpha value is -1.76. The summed E-state index contributed by atoms with van der Waals surface area (Å²) in [6.07, 6.45) is 4.88. The van der Waals surface area contributed by atoms with E-state index in [9.17, 15) is 4.79 Å². The molecule has 0 aliphatic carbocycles. The molecule has 27 heavy (non-hydrogen) atoms. The van der Waals surface area contributed by atoms with Crippen LogP contribution in [0.15, 0.2) is 35.3 Å². The summed E-state index contributed by atoms with van der Waals surface area (Å²) in [6.45, 7) is 10.5. The highest BCUT2D eigenvalue weighted by atomic mass is 16.5. The Kier molecular flexibility index (Phi) is 5.57. The predicted molar refractivity (Wildman–Crippen MR) is 106 cm³/mol. The maximum Gasteiger partial charge on any atom is 0.258 e. The van der Waals surface area contributed by atoms with E-state index in [0.717, 1.165) is 50.0 Å². The van der Waals surface area contributed by atoms with Crippen molar-refractivity contribution in [2.24, 2.45) is 5.92 Å². The van der Waals surface area contributed by atoms with E-state index in [1.54, 1.807) is 16.7 Å². The van der Waals surface area contributed by atoms with Gasteiger partial charge in [0.1, 0.15) is 5.65 Å². The molecule has 2 aliphatic heterocycles. The fourth-order valence-electron chi connectivity index (χ4n) is 4.54. The highest BCUT2D eigenvalue weighted by Gasteiger charge is 2.26. The maximum atomic E-state index is 12.3. The number of morpholine rings is 1. The number of aromatic nitrogens is 2. The van der Waals surface area contributed by atoms with Crippen molar-refractivity contribution in [2.45, 2.75) is 45.4 Å². The molecule has 2 aliphatic rings. The molecule has 4 rings (SSSR count). The lowest BCUT2D eigenvalue weighted by Crippen LogP contribution is -2.48. The summed E-state index contributed by atoms with van der Waals surface area (Å²) in [5.41, 5.74) is 1.60. The number of fused-ring (bicyclic) bond motifs is 1. The first-order valence-corrected chi connectivity index (χ1v) is 10.1. The van der Waals surface area contributed by atoms with Crippen LogP contribution < -0.4 is 5.56 Å². The van der Waals surface area contributed by atoms with Gasteiger partial charge in [-0.2, -0.15) is 0 Å². The van der Waals surface area contributed by atoms with Gasteiger partial charge >= 0.3 is 0 Å². The molecule has 0 saturated carbocycles. The van der Waals surface area contributed by atoms with Gasteiger partial charge in [-0.1, -0.05) is 6.07 Å². The van der Waals surface area contributed by atoms with Gasteiger partial charge in [0.15, 0.2) is 0 Å². The summed E-state index contributed by atoms with van der Waals surface area (Å²) in [5.74, 6) is 0.758. The van der Waals surface area contributed by atoms with Gasteiger partial charge in [0.2, 0.25) is 0 Å². The molecule has 0 N–H and O–H groups in total. The lowest BCUT2D eigenvalue weighted by atomic mass is 9.95. The van der Waals surface area contributed by atoms with Crippen molar-refractivity contribution in [3.8, 4) is 0 Å². The second kappa shape index (κ2) is 8.09. The summed E-state index contributed by atoms with van der Waals surface area (Å²) in [6, 6.07) is 7.35. The van der Waals surface area contributed by atoms with Crippen LogP contribution >= 0.6 is 0 Å².